The van der Waals surface area contributed by atoms with Crippen LogP contribution in [0.25, 0.3) is 0 Å². The van der Waals surface area contributed by atoms with Crippen LogP contribution in [0.5, 0.6) is 0 Å². The van der Waals surface area contributed by atoms with E-state index < -0.39 is 5.54 Å². The number of rotatable bonds is 9. The summed E-state index contributed by atoms with van der Waals surface area (Å²) in [5.74, 6) is 0.541. The van der Waals surface area contributed by atoms with Crippen molar-refractivity contribution in [1.82, 2.24) is 20.4 Å². The van der Waals surface area contributed by atoms with Gasteiger partial charge in [-0.05, 0) is 51.0 Å². The summed E-state index contributed by atoms with van der Waals surface area (Å²) in [6.07, 6.45) is 6.26. The molecule has 1 aliphatic rings. The van der Waals surface area contributed by atoms with Gasteiger partial charge in [-0.1, -0.05) is 30.8 Å². The molecular formula is C25H35N5O4. The maximum Gasteiger partial charge on any atom is 0.253 e. The van der Waals surface area contributed by atoms with E-state index in [2.05, 4.69) is 20.8 Å². The largest absolute Gasteiger partial charge is 0.343 e. The van der Waals surface area contributed by atoms with E-state index in [0.717, 1.165) is 38.5 Å². The summed E-state index contributed by atoms with van der Waals surface area (Å²) >= 11 is 0. The minimum Gasteiger partial charge on any atom is -0.343 e. The summed E-state index contributed by atoms with van der Waals surface area (Å²) in [4.78, 5) is 43.0. The van der Waals surface area contributed by atoms with Gasteiger partial charge in [0.25, 0.3) is 5.91 Å². The fourth-order valence-electron chi connectivity index (χ4n) is 4.46. The van der Waals surface area contributed by atoms with Crippen LogP contribution in [-0.2, 0) is 21.5 Å². The zero-order chi connectivity index (χ0) is 24.6. The Morgan fingerprint density at radius 1 is 1.03 bits per heavy atom. The lowest BCUT2D eigenvalue weighted by Crippen LogP contribution is -2.45. The predicted molar refractivity (Wildman–Crippen MR) is 128 cm³/mol. The number of amides is 3. The molecule has 2 N–H and O–H groups in total. The molecule has 0 saturated heterocycles. The average Bonchev–Trinajstić information content (AvgIpc) is 3.18. The third-order valence-corrected chi connectivity index (χ3v) is 6.30. The number of carbonyl (C=O) groups is 3. The van der Waals surface area contributed by atoms with Gasteiger partial charge in [0.15, 0.2) is 5.82 Å². The standard InChI is InChI=1S/C25H35N5O4/c1-4-30(5-2)23(33)19-10-12-20(13-11-19)26-21(32)14-15-22-27-24(29-34-22)25(28-18(3)31)16-8-6-7-9-17-25/h10-13H,4-9,14-17H2,1-3H3,(H,26,32)(H,28,31). The molecule has 0 bridgehead atoms. The van der Waals surface area contributed by atoms with Gasteiger partial charge < -0.3 is 20.1 Å². The van der Waals surface area contributed by atoms with Crippen molar-refractivity contribution in [2.45, 2.75) is 77.7 Å². The SMILES string of the molecule is CCN(CC)C(=O)c1ccc(NC(=O)CCc2nc(C3(NC(C)=O)CCCCCC3)no2)cc1. The topological polar surface area (TPSA) is 117 Å². The van der Waals surface area contributed by atoms with Crippen LogP contribution in [0.3, 0.4) is 0 Å². The highest BCUT2D eigenvalue weighted by Gasteiger charge is 2.38. The Balaban J connectivity index is 1.57. The molecule has 34 heavy (non-hydrogen) atoms. The van der Waals surface area contributed by atoms with Crippen LogP contribution in [0, 0.1) is 0 Å². The molecule has 2 aromatic rings. The van der Waals surface area contributed by atoms with Gasteiger partial charge in [0.1, 0.15) is 5.54 Å². The molecule has 1 aromatic carbocycles. The van der Waals surface area contributed by atoms with Gasteiger partial charge in [0.05, 0.1) is 0 Å². The minimum absolute atomic E-state index is 0.0271. The van der Waals surface area contributed by atoms with E-state index in [4.69, 9.17) is 4.52 Å². The Kier molecular flexibility index (Phi) is 8.79. The van der Waals surface area contributed by atoms with Gasteiger partial charge in [0, 0.05) is 44.1 Å². The lowest BCUT2D eigenvalue weighted by atomic mass is 9.89. The molecule has 1 aliphatic carbocycles. The number of anilines is 1. The summed E-state index contributed by atoms with van der Waals surface area (Å²) in [6.45, 7) is 6.69. The number of aromatic nitrogens is 2. The normalized spacial score (nSPS) is 15.3. The molecule has 0 spiro atoms. The van der Waals surface area contributed by atoms with Gasteiger partial charge in [-0.15, -0.1) is 0 Å². The lowest BCUT2D eigenvalue weighted by Gasteiger charge is -2.30. The van der Waals surface area contributed by atoms with Crippen LogP contribution < -0.4 is 10.6 Å². The number of hydrogen-bond donors (Lipinski definition) is 2. The van der Waals surface area contributed by atoms with Crippen molar-refractivity contribution in [3.05, 3.63) is 41.5 Å². The molecule has 0 atom stereocenters. The zero-order valence-corrected chi connectivity index (χ0v) is 20.4. The molecule has 1 heterocycles. The highest BCUT2D eigenvalue weighted by Crippen LogP contribution is 2.34. The van der Waals surface area contributed by atoms with Crippen molar-refractivity contribution < 1.29 is 18.9 Å². The summed E-state index contributed by atoms with van der Waals surface area (Å²) in [7, 11) is 0. The number of nitrogens with one attached hydrogen (secondary N) is 2. The molecule has 0 aliphatic heterocycles. The maximum atomic E-state index is 12.4. The van der Waals surface area contributed by atoms with E-state index in [0.29, 0.717) is 42.5 Å². The van der Waals surface area contributed by atoms with E-state index in [1.807, 2.05) is 13.8 Å². The van der Waals surface area contributed by atoms with Crippen LogP contribution in [-0.4, -0.2) is 45.9 Å². The molecule has 3 amide bonds. The molecule has 1 aromatic heterocycles. The van der Waals surface area contributed by atoms with E-state index in [9.17, 15) is 14.4 Å². The first-order valence-electron chi connectivity index (χ1n) is 12.2. The summed E-state index contributed by atoms with van der Waals surface area (Å²) in [5, 5.41) is 10.1. The first kappa shape index (κ1) is 25.4. The molecule has 184 valence electrons. The van der Waals surface area contributed by atoms with E-state index in [-0.39, 0.29) is 24.1 Å². The quantitative estimate of drug-likeness (QED) is 0.539. The molecule has 0 radical (unpaired) electrons. The van der Waals surface area contributed by atoms with Gasteiger partial charge in [-0.3, -0.25) is 14.4 Å². The van der Waals surface area contributed by atoms with Crippen molar-refractivity contribution in [2.24, 2.45) is 0 Å². The number of carbonyl (C=O) groups excluding carboxylic acids is 3. The van der Waals surface area contributed by atoms with E-state index in [1.54, 1.807) is 29.2 Å². The maximum absolute atomic E-state index is 12.4. The number of hydrogen-bond acceptors (Lipinski definition) is 6. The fourth-order valence-corrected chi connectivity index (χ4v) is 4.46. The number of nitrogens with zero attached hydrogens (tertiary/aromatic N) is 3. The first-order chi connectivity index (χ1) is 16.4. The number of benzene rings is 1. The molecule has 1 fully saturated rings. The Bertz CT molecular complexity index is 973. The average molecular weight is 470 g/mol. The second kappa shape index (κ2) is 11.8. The van der Waals surface area contributed by atoms with Gasteiger partial charge in [-0.25, -0.2) is 0 Å². The Morgan fingerprint density at radius 2 is 1.68 bits per heavy atom. The molecule has 9 nitrogen and oxygen atoms in total. The van der Waals surface area contributed by atoms with E-state index >= 15 is 0 Å². The Morgan fingerprint density at radius 3 is 2.26 bits per heavy atom. The smallest absolute Gasteiger partial charge is 0.253 e. The highest BCUT2D eigenvalue weighted by molar-refractivity contribution is 5.95. The van der Waals surface area contributed by atoms with Gasteiger partial charge in [0.2, 0.25) is 17.7 Å². The van der Waals surface area contributed by atoms with Crippen molar-refractivity contribution in [1.29, 1.82) is 0 Å². The van der Waals surface area contributed by atoms with Crippen molar-refractivity contribution in [2.75, 3.05) is 18.4 Å². The monoisotopic (exact) mass is 469 g/mol. The predicted octanol–water partition coefficient (Wildman–Crippen LogP) is 3.81. The van der Waals surface area contributed by atoms with Crippen LogP contribution in [0.15, 0.2) is 28.8 Å². The first-order valence-corrected chi connectivity index (χ1v) is 12.2. The molecule has 3 rings (SSSR count). The van der Waals surface area contributed by atoms with Crippen LogP contribution in [0.1, 0.15) is 87.8 Å². The zero-order valence-electron chi connectivity index (χ0n) is 20.4. The van der Waals surface area contributed by atoms with Crippen molar-refractivity contribution in [3.8, 4) is 0 Å². The Labute approximate surface area is 200 Å². The molecule has 1 saturated carbocycles. The van der Waals surface area contributed by atoms with Gasteiger partial charge in [-0.2, -0.15) is 4.98 Å². The minimum atomic E-state index is -0.601. The summed E-state index contributed by atoms with van der Waals surface area (Å²) in [5.41, 5.74) is 0.610. The third kappa shape index (κ3) is 6.42. The molecule has 0 unspecified atom stereocenters. The van der Waals surface area contributed by atoms with Crippen LogP contribution in [0.4, 0.5) is 5.69 Å². The van der Waals surface area contributed by atoms with Crippen molar-refractivity contribution >= 4 is 23.4 Å². The summed E-state index contributed by atoms with van der Waals surface area (Å²) < 4.78 is 5.42. The Hall–Kier alpha value is -3.23. The van der Waals surface area contributed by atoms with Crippen molar-refractivity contribution in [3.63, 3.8) is 0 Å². The molecule has 9 heteroatoms. The highest BCUT2D eigenvalue weighted by atomic mass is 16.5. The van der Waals surface area contributed by atoms with Crippen LogP contribution >= 0.6 is 0 Å². The number of aryl methyl sites for hydroxylation is 1. The van der Waals surface area contributed by atoms with Gasteiger partial charge >= 0.3 is 0 Å². The fraction of sp³-hybridized carbons (Fsp3) is 0.560. The summed E-state index contributed by atoms with van der Waals surface area (Å²) in [6, 6.07) is 6.88. The molecular weight excluding hydrogens is 434 g/mol. The van der Waals surface area contributed by atoms with Crippen LogP contribution in [0.2, 0.25) is 0 Å². The van der Waals surface area contributed by atoms with E-state index in [1.165, 1.54) is 6.92 Å². The lowest BCUT2D eigenvalue weighted by molar-refractivity contribution is -0.121. The third-order valence-electron chi connectivity index (χ3n) is 6.30. The second-order valence-corrected chi connectivity index (χ2v) is 8.79. The second-order valence-electron chi connectivity index (χ2n) is 8.79.